The van der Waals surface area contributed by atoms with Crippen LogP contribution < -0.4 is 15.2 Å². The third kappa shape index (κ3) is 4.14. The quantitative estimate of drug-likeness (QED) is 0.617. The fourth-order valence-corrected chi connectivity index (χ4v) is 2.67. The summed E-state index contributed by atoms with van der Waals surface area (Å²) in [5.74, 6) is 1.47. The minimum Gasteiger partial charge on any atom is -0.489 e. The molecule has 2 rings (SSSR count). The molecule has 0 aliphatic rings. The maximum Gasteiger partial charge on any atom is 0.142 e. The van der Waals surface area contributed by atoms with Crippen LogP contribution in [0.3, 0.4) is 0 Å². The second kappa shape index (κ2) is 6.82. The Kier molecular flexibility index (Phi) is 5.10. The second-order valence-corrected chi connectivity index (χ2v) is 5.58. The lowest BCUT2D eigenvalue weighted by Crippen LogP contribution is -2.10. The molecule has 3 nitrogen and oxygen atoms in total. The summed E-state index contributed by atoms with van der Waals surface area (Å²) in [5.41, 5.74) is 6.41. The first-order valence-corrected chi connectivity index (χ1v) is 7.30. The summed E-state index contributed by atoms with van der Waals surface area (Å²) >= 11 is 6.83. The number of anilines is 1. The van der Waals surface area contributed by atoms with E-state index >= 15 is 0 Å². The molecule has 0 amide bonds. The van der Waals surface area contributed by atoms with E-state index in [1.807, 2.05) is 42.5 Å². The summed E-state index contributed by atoms with van der Waals surface area (Å²) in [6.07, 6.45) is 0. The van der Waals surface area contributed by atoms with Crippen LogP contribution in [0.15, 0.2) is 51.4 Å². The molecule has 0 heterocycles. The molecule has 2 N–H and O–H groups in total. The maximum absolute atomic E-state index is 5.78. The normalized spacial score (nSPS) is 10.2. The van der Waals surface area contributed by atoms with Crippen molar-refractivity contribution in [1.29, 1.82) is 0 Å². The highest BCUT2D eigenvalue weighted by Crippen LogP contribution is 2.28. The Morgan fingerprint density at radius 1 is 0.895 bits per heavy atom. The smallest absolute Gasteiger partial charge is 0.142 e. The number of benzene rings is 2. The first-order chi connectivity index (χ1) is 9.16. The fraction of sp³-hybridized carbons (Fsp3) is 0.143. The first-order valence-electron chi connectivity index (χ1n) is 5.72. The monoisotopic (exact) mass is 385 g/mol. The Hall–Kier alpha value is -1.20. The van der Waals surface area contributed by atoms with Gasteiger partial charge in [0.2, 0.25) is 0 Å². The number of nitrogen functional groups attached to an aromatic ring is 1. The summed E-state index contributed by atoms with van der Waals surface area (Å²) in [6.45, 7) is 0.894. The molecular weight excluding hydrogens is 374 g/mol. The Morgan fingerprint density at radius 3 is 2.26 bits per heavy atom. The van der Waals surface area contributed by atoms with Crippen LogP contribution in [-0.2, 0) is 0 Å². The molecule has 0 aliphatic heterocycles. The second-order valence-electron chi connectivity index (χ2n) is 3.81. The van der Waals surface area contributed by atoms with Crippen LogP contribution in [0.25, 0.3) is 0 Å². The lowest BCUT2D eigenvalue weighted by atomic mass is 10.3. The summed E-state index contributed by atoms with van der Waals surface area (Å²) < 4.78 is 13.1. The average Bonchev–Trinajstić information content (AvgIpc) is 2.38. The van der Waals surface area contributed by atoms with E-state index < -0.39 is 0 Å². The Morgan fingerprint density at radius 2 is 1.58 bits per heavy atom. The Bertz CT molecular complexity index is 561. The molecule has 0 aromatic heterocycles. The van der Waals surface area contributed by atoms with Gasteiger partial charge in [0, 0.05) is 4.47 Å². The van der Waals surface area contributed by atoms with Crippen LogP contribution in [0.4, 0.5) is 5.69 Å². The van der Waals surface area contributed by atoms with Crippen molar-refractivity contribution in [3.8, 4) is 11.5 Å². The molecule has 0 atom stereocenters. The van der Waals surface area contributed by atoms with Gasteiger partial charge < -0.3 is 15.2 Å². The molecule has 0 spiro atoms. The largest absolute Gasteiger partial charge is 0.489 e. The molecule has 100 valence electrons. The van der Waals surface area contributed by atoms with E-state index in [1.54, 1.807) is 0 Å². The summed E-state index contributed by atoms with van der Waals surface area (Å²) in [4.78, 5) is 0. The molecule has 0 saturated heterocycles. The number of halogens is 2. The average molecular weight is 387 g/mol. The zero-order chi connectivity index (χ0) is 13.7. The fourth-order valence-electron chi connectivity index (χ4n) is 1.51. The third-order valence-corrected chi connectivity index (χ3v) is 3.52. The van der Waals surface area contributed by atoms with Crippen molar-refractivity contribution in [2.75, 3.05) is 18.9 Å². The molecule has 0 aliphatic carbocycles. The molecule has 0 saturated carbocycles. The number of ether oxygens (including phenoxy) is 2. The van der Waals surface area contributed by atoms with Gasteiger partial charge in [0.25, 0.3) is 0 Å². The zero-order valence-corrected chi connectivity index (χ0v) is 13.3. The van der Waals surface area contributed by atoms with Gasteiger partial charge in [0.1, 0.15) is 24.7 Å². The van der Waals surface area contributed by atoms with Gasteiger partial charge in [-0.2, -0.15) is 0 Å². The van der Waals surface area contributed by atoms with Crippen LogP contribution in [-0.4, -0.2) is 13.2 Å². The van der Waals surface area contributed by atoms with Crippen molar-refractivity contribution in [2.24, 2.45) is 0 Å². The van der Waals surface area contributed by atoms with Crippen molar-refractivity contribution in [3.63, 3.8) is 0 Å². The number of para-hydroxylation sites is 2. The van der Waals surface area contributed by atoms with Gasteiger partial charge in [-0.15, -0.1) is 0 Å². The summed E-state index contributed by atoms with van der Waals surface area (Å²) in [6, 6.07) is 13.2. The lowest BCUT2D eigenvalue weighted by Gasteiger charge is -2.11. The Balaban J connectivity index is 1.83. The third-order valence-electron chi connectivity index (χ3n) is 2.41. The number of hydrogen-bond donors (Lipinski definition) is 1. The van der Waals surface area contributed by atoms with Gasteiger partial charge in [-0.3, -0.25) is 0 Å². The molecule has 0 unspecified atom stereocenters. The zero-order valence-electron chi connectivity index (χ0n) is 10.1. The van der Waals surface area contributed by atoms with Gasteiger partial charge in [0.05, 0.1) is 10.2 Å². The van der Waals surface area contributed by atoms with E-state index in [0.717, 1.165) is 14.7 Å². The molecule has 0 fully saturated rings. The minimum atomic E-state index is 0.441. The standard InChI is InChI=1S/C14H13Br2NO2/c15-10-5-6-13(11(16)9-10)18-7-8-19-14-4-2-1-3-12(14)17/h1-6,9H,7-8,17H2. The van der Waals surface area contributed by atoms with Gasteiger partial charge in [-0.25, -0.2) is 0 Å². The SMILES string of the molecule is Nc1ccccc1OCCOc1ccc(Br)cc1Br. The predicted octanol–water partition coefficient (Wildman–Crippen LogP) is 4.25. The van der Waals surface area contributed by atoms with Crippen LogP contribution in [0.2, 0.25) is 0 Å². The molecule has 2 aromatic carbocycles. The van der Waals surface area contributed by atoms with Crippen molar-refractivity contribution < 1.29 is 9.47 Å². The Labute approximate surface area is 129 Å². The summed E-state index contributed by atoms with van der Waals surface area (Å²) in [7, 11) is 0. The topological polar surface area (TPSA) is 44.5 Å². The highest BCUT2D eigenvalue weighted by Gasteiger charge is 2.02. The number of hydrogen-bond acceptors (Lipinski definition) is 3. The van der Waals surface area contributed by atoms with Gasteiger partial charge in [0.15, 0.2) is 0 Å². The molecule has 5 heteroatoms. The van der Waals surface area contributed by atoms with Gasteiger partial charge in [-0.1, -0.05) is 28.1 Å². The van der Waals surface area contributed by atoms with E-state index in [4.69, 9.17) is 15.2 Å². The first kappa shape index (κ1) is 14.2. The highest BCUT2D eigenvalue weighted by molar-refractivity contribution is 9.11. The highest BCUT2D eigenvalue weighted by atomic mass is 79.9. The van der Waals surface area contributed by atoms with Crippen LogP contribution in [0, 0.1) is 0 Å². The van der Waals surface area contributed by atoms with Crippen LogP contribution in [0.1, 0.15) is 0 Å². The van der Waals surface area contributed by atoms with Crippen molar-refractivity contribution in [1.82, 2.24) is 0 Å². The van der Waals surface area contributed by atoms with E-state index in [1.165, 1.54) is 0 Å². The van der Waals surface area contributed by atoms with Crippen molar-refractivity contribution in [2.45, 2.75) is 0 Å². The summed E-state index contributed by atoms with van der Waals surface area (Å²) in [5, 5.41) is 0. The van der Waals surface area contributed by atoms with Crippen LogP contribution >= 0.6 is 31.9 Å². The molecule has 19 heavy (non-hydrogen) atoms. The minimum absolute atomic E-state index is 0.441. The van der Waals surface area contributed by atoms with Crippen LogP contribution in [0.5, 0.6) is 11.5 Å². The molecule has 2 aromatic rings. The lowest BCUT2D eigenvalue weighted by molar-refractivity contribution is 0.217. The van der Waals surface area contributed by atoms with Gasteiger partial charge >= 0.3 is 0 Å². The van der Waals surface area contributed by atoms with Gasteiger partial charge in [-0.05, 0) is 46.3 Å². The number of nitrogens with two attached hydrogens (primary N) is 1. The van der Waals surface area contributed by atoms with E-state index in [9.17, 15) is 0 Å². The predicted molar refractivity (Wildman–Crippen MR) is 83.7 cm³/mol. The molecule has 0 bridgehead atoms. The van der Waals surface area contributed by atoms with Crippen molar-refractivity contribution in [3.05, 3.63) is 51.4 Å². The number of rotatable bonds is 5. The van der Waals surface area contributed by atoms with E-state index in [-0.39, 0.29) is 0 Å². The maximum atomic E-state index is 5.78. The van der Waals surface area contributed by atoms with Crippen molar-refractivity contribution >= 4 is 37.5 Å². The van der Waals surface area contributed by atoms with E-state index in [0.29, 0.717) is 24.7 Å². The van der Waals surface area contributed by atoms with E-state index in [2.05, 4.69) is 31.9 Å². The molecular formula is C14H13Br2NO2. The molecule has 0 radical (unpaired) electrons.